The van der Waals surface area contributed by atoms with Crippen LogP contribution < -0.4 is 14.8 Å². The molecule has 1 saturated heterocycles. The molecule has 1 aliphatic heterocycles. The molecule has 7 rings (SSSR count). The maximum atomic E-state index is 11.8. The Bertz CT molecular complexity index is 2130. The van der Waals surface area contributed by atoms with Crippen LogP contribution in [-0.2, 0) is 28.1 Å². The Morgan fingerprint density at radius 2 is 1.85 bits per heavy atom. The van der Waals surface area contributed by atoms with Gasteiger partial charge in [-0.25, -0.2) is 9.42 Å². The number of benzene rings is 3. The number of fused-ring (bicyclic) bond motifs is 1. The fourth-order valence-electron chi connectivity index (χ4n) is 6.33. The number of hydrogen-bond acceptors (Lipinski definition) is 13. The Hall–Kier alpha value is -4.80. The van der Waals surface area contributed by atoms with Crippen molar-refractivity contribution >= 4 is 55.8 Å². The highest BCUT2D eigenvalue weighted by Crippen LogP contribution is 2.53. The first-order valence-corrected chi connectivity index (χ1v) is 18.0. The van der Waals surface area contributed by atoms with Gasteiger partial charge in [-0.05, 0) is 52.1 Å². The van der Waals surface area contributed by atoms with Crippen LogP contribution in [-0.4, -0.2) is 91.5 Å². The van der Waals surface area contributed by atoms with Crippen molar-refractivity contribution in [1.82, 2.24) is 25.4 Å². The average molecular weight is 808 g/mol. The Morgan fingerprint density at radius 1 is 1.06 bits per heavy atom. The van der Waals surface area contributed by atoms with Crippen LogP contribution in [0.4, 0.5) is 5.69 Å². The molecule has 276 valence electrons. The second-order valence-corrected chi connectivity index (χ2v) is 14.8. The van der Waals surface area contributed by atoms with Crippen molar-refractivity contribution < 1.29 is 38.3 Å². The highest BCUT2D eigenvalue weighted by molar-refractivity contribution is 9.10. The van der Waals surface area contributed by atoms with E-state index < -0.39 is 28.4 Å². The van der Waals surface area contributed by atoms with Crippen LogP contribution in [0.3, 0.4) is 0 Å². The molecule has 2 aliphatic rings. The van der Waals surface area contributed by atoms with Gasteiger partial charge in [0.15, 0.2) is 0 Å². The Morgan fingerprint density at radius 3 is 2.62 bits per heavy atom. The molecule has 16 heteroatoms. The number of carboxylic acids is 1. The highest BCUT2D eigenvalue weighted by Gasteiger charge is 2.54. The van der Waals surface area contributed by atoms with Gasteiger partial charge in [-0.15, -0.1) is 10.2 Å². The lowest BCUT2D eigenvalue weighted by Crippen LogP contribution is -2.50. The van der Waals surface area contributed by atoms with Crippen molar-refractivity contribution in [2.45, 2.75) is 35.9 Å². The number of allylic oxidation sites excluding steroid dienone is 3. The summed E-state index contributed by atoms with van der Waals surface area (Å²) >= 11 is 10.9. The predicted molar refractivity (Wildman–Crippen MR) is 198 cm³/mol. The van der Waals surface area contributed by atoms with E-state index in [1.165, 1.54) is 6.07 Å². The van der Waals surface area contributed by atoms with E-state index in [0.717, 1.165) is 29.8 Å². The van der Waals surface area contributed by atoms with E-state index in [0.29, 0.717) is 42.6 Å². The zero-order chi connectivity index (χ0) is 37.0. The number of aromatic nitrogens is 4. The number of ether oxygens (including phenoxy) is 3. The molecule has 1 fully saturated rings. The topological polar surface area (TPSA) is 178 Å². The predicted octanol–water partition coefficient (Wildman–Crippen LogP) is 5.65. The van der Waals surface area contributed by atoms with Gasteiger partial charge in [-0.2, -0.15) is 0 Å². The average Bonchev–Trinajstić information content (AvgIpc) is 3.84. The lowest BCUT2D eigenvalue weighted by Gasteiger charge is -2.44. The summed E-state index contributed by atoms with van der Waals surface area (Å²) in [5.74, 6) is 0.0338. The van der Waals surface area contributed by atoms with Crippen molar-refractivity contribution in [2.24, 2.45) is 0 Å². The molecule has 14 nitrogen and oxygen atoms in total. The Balaban J connectivity index is 1.22. The van der Waals surface area contributed by atoms with E-state index in [4.69, 9.17) is 34.9 Å². The number of halogens is 2. The molecule has 1 aliphatic carbocycles. The first kappa shape index (κ1) is 36.6. The van der Waals surface area contributed by atoms with Gasteiger partial charge in [-0.1, -0.05) is 82.2 Å². The molecule has 5 aromatic rings. The number of aliphatic hydroxyl groups excluding tert-OH is 1. The summed E-state index contributed by atoms with van der Waals surface area (Å²) in [6.45, 7) is 4.69. The van der Waals surface area contributed by atoms with Crippen molar-refractivity contribution in [3.63, 3.8) is 0 Å². The van der Waals surface area contributed by atoms with Crippen LogP contribution in [0.1, 0.15) is 29.8 Å². The number of rotatable bonds is 14. The fraction of sp³-hybridized carbons (Fsp3) is 0.324. The zero-order valence-corrected chi connectivity index (χ0v) is 30.9. The maximum absolute atomic E-state index is 11.8. The number of carbonyl (C=O) groups is 1. The molecule has 0 bridgehead atoms. The third-order valence-corrected chi connectivity index (χ3v) is 10.8. The van der Waals surface area contributed by atoms with E-state index in [1.54, 1.807) is 18.2 Å². The largest absolute Gasteiger partial charge is 0.490 e. The molecular formula is C37H36BrClN6O8. The normalized spacial score (nSPS) is 20.9. The Kier molecular flexibility index (Phi) is 10.8. The molecule has 0 radical (unpaired) electrons. The molecule has 0 saturated carbocycles. The van der Waals surface area contributed by atoms with Crippen LogP contribution in [0, 0.1) is 0 Å². The highest BCUT2D eigenvalue weighted by atomic mass is 79.9. The van der Waals surface area contributed by atoms with Crippen molar-refractivity contribution in [1.29, 1.82) is 0 Å². The lowest BCUT2D eigenvalue weighted by molar-refractivity contribution is -0.138. The summed E-state index contributed by atoms with van der Waals surface area (Å²) in [6.07, 6.45) is 5.97. The molecule has 53 heavy (non-hydrogen) atoms. The van der Waals surface area contributed by atoms with Crippen molar-refractivity contribution in [3.8, 4) is 11.5 Å². The monoisotopic (exact) mass is 806 g/mol. The van der Waals surface area contributed by atoms with Crippen LogP contribution in [0.25, 0.3) is 16.6 Å². The molecule has 0 spiro atoms. The van der Waals surface area contributed by atoms with Crippen molar-refractivity contribution in [2.75, 3.05) is 44.8 Å². The number of hydrogen-bond donors (Lipinski definition) is 3. The second-order valence-electron chi connectivity index (χ2n) is 12.8. The van der Waals surface area contributed by atoms with E-state index in [1.807, 2.05) is 61.5 Å². The van der Waals surface area contributed by atoms with Gasteiger partial charge in [0.1, 0.15) is 47.2 Å². The minimum atomic E-state index is -1.32. The first-order chi connectivity index (χ1) is 25.7. The second kappa shape index (κ2) is 15.7. The third-order valence-electron chi connectivity index (χ3n) is 9.40. The number of morpholine rings is 1. The van der Waals surface area contributed by atoms with Crippen LogP contribution in [0.5, 0.6) is 11.5 Å². The molecule has 3 unspecified atom stereocenters. The number of anilines is 1. The first-order valence-electron chi connectivity index (χ1n) is 16.8. The SMILES string of the molecule is CC1(Br)C(c2ccccc2)=CC=CC1(COc1cc(OCc2ccc3nonc3c2)c(NC(CO)C(=O)O)cc1Cl)c1nnc(CN2CCOCC2)o1. The third kappa shape index (κ3) is 7.66. The van der Waals surface area contributed by atoms with E-state index in [2.05, 4.69) is 46.7 Å². The van der Waals surface area contributed by atoms with Crippen LogP contribution >= 0.6 is 27.5 Å². The van der Waals surface area contributed by atoms with Crippen LogP contribution in [0.2, 0.25) is 5.02 Å². The Labute approximate surface area is 317 Å². The zero-order valence-electron chi connectivity index (χ0n) is 28.6. The fourth-order valence-corrected chi connectivity index (χ4v) is 7.33. The van der Waals surface area contributed by atoms with E-state index >= 15 is 0 Å². The summed E-state index contributed by atoms with van der Waals surface area (Å²) in [4.78, 5) is 14.0. The summed E-state index contributed by atoms with van der Waals surface area (Å²) in [5, 5.41) is 39.2. The van der Waals surface area contributed by atoms with Gasteiger partial charge in [0, 0.05) is 19.2 Å². The maximum Gasteiger partial charge on any atom is 0.328 e. The van der Waals surface area contributed by atoms with Crippen molar-refractivity contribution in [3.05, 3.63) is 107 Å². The van der Waals surface area contributed by atoms with Gasteiger partial charge in [0.05, 0.1) is 41.4 Å². The summed E-state index contributed by atoms with van der Waals surface area (Å²) in [7, 11) is 0. The quantitative estimate of drug-likeness (QED) is 0.117. The van der Waals surface area contributed by atoms with E-state index in [-0.39, 0.29) is 35.4 Å². The van der Waals surface area contributed by atoms with Gasteiger partial charge >= 0.3 is 5.97 Å². The number of alkyl halides is 1. The van der Waals surface area contributed by atoms with Gasteiger partial charge in [0.2, 0.25) is 11.8 Å². The number of nitrogens with zero attached hydrogens (tertiary/aromatic N) is 5. The minimum Gasteiger partial charge on any atom is -0.490 e. The molecule has 3 aromatic carbocycles. The van der Waals surface area contributed by atoms with Crippen LogP contribution in [0.15, 0.2) is 87.9 Å². The molecule has 2 aromatic heterocycles. The molecular weight excluding hydrogens is 772 g/mol. The number of carboxylic acid groups (broad SMARTS) is 1. The molecule has 3 N–H and O–H groups in total. The molecule has 3 atom stereocenters. The summed E-state index contributed by atoms with van der Waals surface area (Å²) < 4.78 is 28.7. The van der Waals surface area contributed by atoms with E-state index in [9.17, 15) is 15.0 Å². The van der Waals surface area contributed by atoms with Gasteiger partial charge in [-0.3, -0.25) is 4.90 Å². The summed E-state index contributed by atoms with van der Waals surface area (Å²) in [6, 6.07) is 17.1. The number of nitrogens with one attached hydrogen (secondary N) is 1. The molecule has 0 amide bonds. The molecule has 3 heterocycles. The number of aliphatic hydroxyl groups is 1. The number of aliphatic carboxylic acids is 1. The smallest absolute Gasteiger partial charge is 0.328 e. The summed E-state index contributed by atoms with van der Waals surface area (Å²) in [5.41, 5.74) is 3.05. The lowest BCUT2D eigenvalue weighted by atomic mass is 9.68. The van der Waals surface area contributed by atoms with Gasteiger partial charge < -0.3 is 34.2 Å². The minimum absolute atomic E-state index is 0.00916. The standard InChI is InChI=1S/C37H36BrClN6O8/c1-36(38)25(24-6-3-2-4-7-24)8-5-11-37(36,35-42-41-33(52-35)19-45-12-14-49-15-13-45)22-51-31-18-32(29(17-26(31)39)40-30(20-46)34(47)48)50-21-23-9-10-27-28(16-23)44-53-43-27/h2-11,16-18,30,40,46H,12-15,19-22H2,1H3,(H,47,48). The van der Waals surface area contributed by atoms with Gasteiger partial charge in [0.25, 0.3) is 0 Å².